The third kappa shape index (κ3) is 1.98. The Balaban J connectivity index is 2.00. The third-order valence-electron chi connectivity index (χ3n) is 3.59. The standard InChI is InChI=1S/C16H12N6/c17-16-19-20-21-22(16)18-10-15-13-7-3-1-5-11(13)9-12-6-2-4-8-14(12)15/h1-10H,(H2,17,19,21). The molecule has 0 bridgehead atoms. The van der Waals surface area contributed by atoms with Crippen LogP contribution >= 0.6 is 0 Å². The quantitative estimate of drug-likeness (QED) is 0.453. The molecule has 1 aromatic heterocycles. The molecule has 1 heterocycles. The highest BCUT2D eigenvalue weighted by Gasteiger charge is 2.06. The molecule has 0 saturated carbocycles. The number of nitrogens with zero attached hydrogens (tertiary/aromatic N) is 5. The van der Waals surface area contributed by atoms with Gasteiger partial charge in [0.2, 0.25) is 0 Å². The molecule has 0 aliphatic heterocycles. The fourth-order valence-corrected chi connectivity index (χ4v) is 2.57. The van der Waals surface area contributed by atoms with Gasteiger partial charge in [0.25, 0.3) is 5.95 Å². The Morgan fingerprint density at radius 1 is 0.955 bits per heavy atom. The summed E-state index contributed by atoms with van der Waals surface area (Å²) >= 11 is 0. The Kier molecular flexibility index (Phi) is 2.79. The van der Waals surface area contributed by atoms with Gasteiger partial charge in [0.05, 0.1) is 6.21 Å². The van der Waals surface area contributed by atoms with Gasteiger partial charge in [-0.25, -0.2) is 0 Å². The number of rotatable bonds is 2. The molecule has 4 rings (SSSR count). The Morgan fingerprint density at radius 2 is 1.59 bits per heavy atom. The molecule has 0 amide bonds. The van der Waals surface area contributed by atoms with Crippen LogP contribution in [0.4, 0.5) is 5.95 Å². The van der Waals surface area contributed by atoms with Gasteiger partial charge in [-0.05, 0) is 38.0 Å². The summed E-state index contributed by atoms with van der Waals surface area (Å²) in [6.45, 7) is 0. The molecule has 0 atom stereocenters. The van der Waals surface area contributed by atoms with Crippen molar-refractivity contribution in [1.82, 2.24) is 20.3 Å². The topological polar surface area (TPSA) is 82.0 Å². The van der Waals surface area contributed by atoms with Gasteiger partial charge in [0.15, 0.2) is 0 Å². The van der Waals surface area contributed by atoms with Crippen LogP contribution in [0.1, 0.15) is 5.56 Å². The molecule has 0 spiro atoms. The van der Waals surface area contributed by atoms with Gasteiger partial charge in [-0.15, -0.1) is 0 Å². The van der Waals surface area contributed by atoms with Crippen LogP contribution in [0.2, 0.25) is 0 Å². The van der Waals surface area contributed by atoms with Crippen molar-refractivity contribution in [3.8, 4) is 0 Å². The van der Waals surface area contributed by atoms with E-state index in [1.807, 2.05) is 24.3 Å². The monoisotopic (exact) mass is 288 g/mol. The average Bonchev–Trinajstić information content (AvgIpc) is 2.96. The van der Waals surface area contributed by atoms with Gasteiger partial charge < -0.3 is 5.73 Å². The van der Waals surface area contributed by atoms with E-state index in [9.17, 15) is 0 Å². The molecule has 2 N–H and O–H groups in total. The number of anilines is 1. The largest absolute Gasteiger partial charge is 0.365 e. The van der Waals surface area contributed by atoms with E-state index in [0.717, 1.165) is 27.1 Å². The van der Waals surface area contributed by atoms with Crippen molar-refractivity contribution in [1.29, 1.82) is 0 Å². The number of fused-ring (bicyclic) bond motifs is 2. The number of nitrogen functional groups attached to an aromatic ring is 1. The van der Waals surface area contributed by atoms with Crippen molar-refractivity contribution in [3.63, 3.8) is 0 Å². The second kappa shape index (κ2) is 4.92. The summed E-state index contributed by atoms with van der Waals surface area (Å²) in [5.41, 5.74) is 6.66. The number of aromatic nitrogens is 4. The first kappa shape index (κ1) is 12.5. The van der Waals surface area contributed by atoms with Crippen LogP contribution in [-0.2, 0) is 0 Å². The Bertz CT molecular complexity index is 948. The van der Waals surface area contributed by atoms with Crippen LogP contribution in [0.3, 0.4) is 0 Å². The fourth-order valence-electron chi connectivity index (χ4n) is 2.57. The van der Waals surface area contributed by atoms with Gasteiger partial charge in [0, 0.05) is 5.56 Å². The highest BCUT2D eigenvalue weighted by Crippen LogP contribution is 2.27. The maximum Gasteiger partial charge on any atom is 0.263 e. The summed E-state index contributed by atoms with van der Waals surface area (Å²) in [6, 6.07) is 18.6. The zero-order valence-electron chi connectivity index (χ0n) is 11.6. The van der Waals surface area contributed by atoms with Crippen molar-refractivity contribution in [2.75, 3.05) is 5.73 Å². The summed E-state index contributed by atoms with van der Waals surface area (Å²) < 4.78 is 0. The SMILES string of the molecule is Nc1nnnn1N=Cc1c2ccccc2cc2ccccc12. The summed E-state index contributed by atoms with van der Waals surface area (Å²) in [7, 11) is 0. The molecule has 3 aromatic carbocycles. The normalized spacial score (nSPS) is 11.6. The minimum atomic E-state index is 0.154. The highest BCUT2D eigenvalue weighted by molar-refractivity contribution is 6.13. The van der Waals surface area contributed by atoms with E-state index >= 15 is 0 Å². The first-order chi connectivity index (χ1) is 10.8. The second-order valence-corrected chi connectivity index (χ2v) is 4.90. The molecule has 4 aromatic rings. The van der Waals surface area contributed by atoms with Crippen molar-refractivity contribution in [2.45, 2.75) is 0 Å². The number of tetrazole rings is 1. The van der Waals surface area contributed by atoms with Crippen LogP contribution in [0, 0.1) is 0 Å². The van der Waals surface area contributed by atoms with Crippen molar-refractivity contribution in [3.05, 3.63) is 60.2 Å². The first-order valence-electron chi connectivity index (χ1n) is 6.81. The molecule has 0 saturated heterocycles. The lowest BCUT2D eigenvalue weighted by molar-refractivity contribution is 0.700. The molecule has 0 unspecified atom stereocenters. The van der Waals surface area contributed by atoms with Gasteiger partial charge in [-0.1, -0.05) is 58.4 Å². The lowest BCUT2D eigenvalue weighted by Crippen LogP contribution is -2.00. The summed E-state index contributed by atoms with van der Waals surface area (Å²) in [6.07, 6.45) is 1.75. The van der Waals surface area contributed by atoms with Crippen molar-refractivity contribution >= 4 is 33.7 Å². The molecular weight excluding hydrogens is 276 g/mol. The molecule has 0 aliphatic rings. The van der Waals surface area contributed by atoms with E-state index in [-0.39, 0.29) is 5.95 Å². The van der Waals surface area contributed by atoms with Gasteiger partial charge >= 0.3 is 0 Å². The Labute approximate surface area is 125 Å². The number of nitrogens with two attached hydrogens (primary N) is 1. The van der Waals surface area contributed by atoms with Gasteiger partial charge in [-0.3, -0.25) is 0 Å². The zero-order chi connectivity index (χ0) is 14.9. The highest BCUT2D eigenvalue weighted by atomic mass is 15.7. The first-order valence-corrected chi connectivity index (χ1v) is 6.81. The molecule has 106 valence electrons. The predicted octanol–water partition coefficient (Wildman–Crippen LogP) is 2.44. The van der Waals surface area contributed by atoms with Gasteiger partial charge in [0.1, 0.15) is 0 Å². The lowest BCUT2D eigenvalue weighted by Gasteiger charge is -2.07. The average molecular weight is 288 g/mol. The van der Waals surface area contributed by atoms with Crippen LogP contribution in [-0.4, -0.2) is 26.5 Å². The minimum Gasteiger partial charge on any atom is -0.365 e. The van der Waals surface area contributed by atoms with Crippen LogP contribution in [0.5, 0.6) is 0 Å². The minimum absolute atomic E-state index is 0.154. The number of benzene rings is 3. The van der Waals surface area contributed by atoms with E-state index in [4.69, 9.17) is 5.73 Å². The molecule has 6 nitrogen and oxygen atoms in total. The molecule has 0 fully saturated rings. The second-order valence-electron chi connectivity index (χ2n) is 4.90. The van der Waals surface area contributed by atoms with E-state index < -0.39 is 0 Å². The lowest BCUT2D eigenvalue weighted by atomic mass is 9.97. The fraction of sp³-hybridized carbons (Fsp3) is 0. The van der Waals surface area contributed by atoms with Crippen molar-refractivity contribution in [2.24, 2.45) is 5.10 Å². The molecule has 22 heavy (non-hydrogen) atoms. The maximum atomic E-state index is 5.64. The van der Waals surface area contributed by atoms with Crippen LogP contribution < -0.4 is 5.73 Å². The van der Waals surface area contributed by atoms with Crippen LogP contribution in [0.15, 0.2) is 59.7 Å². The molecule has 0 aliphatic carbocycles. The smallest absolute Gasteiger partial charge is 0.263 e. The van der Waals surface area contributed by atoms with E-state index in [1.165, 1.54) is 4.79 Å². The van der Waals surface area contributed by atoms with Crippen LogP contribution in [0.25, 0.3) is 21.5 Å². The summed E-state index contributed by atoms with van der Waals surface area (Å²) in [5, 5.41) is 19.7. The molecular formula is C16H12N6. The van der Waals surface area contributed by atoms with E-state index in [2.05, 4.69) is 51.0 Å². The summed E-state index contributed by atoms with van der Waals surface area (Å²) in [5.74, 6) is 0.154. The van der Waals surface area contributed by atoms with E-state index in [0.29, 0.717) is 0 Å². The van der Waals surface area contributed by atoms with Gasteiger partial charge in [-0.2, -0.15) is 5.10 Å². The number of hydrogen-bond acceptors (Lipinski definition) is 5. The Morgan fingerprint density at radius 3 is 2.18 bits per heavy atom. The van der Waals surface area contributed by atoms with E-state index in [1.54, 1.807) is 6.21 Å². The zero-order valence-corrected chi connectivity index (χ0v) is 11.6. The molecule has 0 radical (unpaired) electrons. The van der Waals surface area contributed by atoms with Crippen molar-refractivity contribution < 1.29 is 0 Å². The summed E-state index contributed by atoms with van der Waals surface area (Å²) in [4.78, 5) is 1.20. The third-order valence-corrected chi connectivity index (χ3v) is 3.59. The maximum absolute atomic E-state index is 5.64. The predicted molar refractivity (Wildman–Crippen MR) is 86.7 cm³/mol. The number of hydrogen-bond donors (Lipinski definition) is 1. The Hall–Kier alpha value is -3.28. The molecule has 6 heteroatoms.